The minimum Gasteiger partial charge on any atom is -0.481 e. The Balaban J connectivity index is 0.000000310. The van der Waals surface area contributed by atoms with Crippen molar-refractivity contribution in [3.63, 3.8) is 0 Å². The van der Waals surface area contributed by atoms with E-state index in [1.807, 2.05) is 19.9 Å². The van der Waals surface area contributed by atoms with Gasteiger partial charge in [-0.05, 0) is 25.0 Å². The van der Waals surface area contributed by atoms with Crippen molar-refractivity contribution in [1.29, 1.82) is 0 Å². The molecule has 0 amide bonds. The third kappa shape index (κ3) is 5.66. The molecular weight excluding hydrogens is 168 g/mol. The van der Waals surface area contributed by atoms with E-state index in [1.165, 1.54) is 0 Å². The van der Waals surface area contributed by atoms with Crippen molar-refractivity contribution in [1.82, 2.24) is 4.98 Å². The molecule has 0 saturated heterocycles. The highest BCUT2D eigenvalue weighted by atomic mass is 16.4. The molecule has 72 valence electrons. The van der Waals surface area contributed by atoms with E-state index in [2.05, 4.69) is 4.98 Å². The minimum absolute atomic E-state index is 0.626. The Morgan fingerprint density at radius 1 is 1.54 bits per heavy atom. The Bertz CT molecular complexity index is 294. The summed E-state index contributed by atoms with van der Waals surface area (Å²) in [6.07, 6.45) is 1.77. The first kappa shape index (κ1) is 11.4. The number of pyridine rings is 1. The molecule has 0 aliphatic rings. The molecule has 0 bridgehead atoms. The number of aliphatic carboxylic acids is 1. The standard InChI is InChI=1S/C7H10N2.C2H4O2/c1-5-3-6(2)7(8)9-4-5;1-2(3)4/h3-4H,1-2H3,(H2,8,9);1H3,(H,3,4). The number of hydrogen-bond acceptors (Lipinski definition) is 3. The normalized spacial score (nSPS) is 8.54. The summed E-state index contributed by atoms with van der Waals surface area (Å²) in [5, 5.41) is 7.42. The van der Waals surface area contributed by atoms with Gasteiger partial charge >= 0.3 is 0 Å². The molecule has 0 aliphatic heterocycles. The number of carboxylic acids is 1. The van der Waals surface area contributed by atoms with Crippen LogP contribution in [0.5, 0.6) is 0 Å². The van der Waals surface area contributed by atoms with Crippen LogP contribution in [0.15, 0.2) is 12.3 Å². The molecule has 4 nitrogen and oxygen atoms in total. The molecule has 3 N–H and O–H groups in total. The van der Waals surface area contributed by atoms with Crippen LogP contribution in [0.4, 0.5) is 5.82 Å². The molecule has 0 aromatic carbocycles. The SMILES string of the molecule is CC(=O)O.Cc1cnc(N)c(C)c1. The fourth-order valence-electron chi connectivity index (χ4n) is 0.726. The number of nitrogen functional groups attached to an aromatic ring is 1. The average Bonchev–Trinajstić information content (AvgIpc) is 1.96. The maximum Gasteiger partial charge on any atom is 0.300 e. The second-order valence-corrected chi connectivity index (χ2v) is 2.73. The van der Waals surface area contributed by atoms with Gasteiger partial charge in [0.2, 0.25) is 0 Å². The van der Waals surface area contributed by atoms with Crippen molar-refractivity contribution in [3.8, 4) is 0 Å². The molecule has 0 fully saturated rings. The highest BCUT2D eigenvalue weighted by molar-refractivity contribution is 5.62. The van der Waals surface area contributed by atoms with Crippen LogP contribution in [-0.4, -0.2) is 16.1 Å². The fraction of sp³-hybridized carbons (Fsp3) is 0.333. The Morgan fingerprint density at radius 2 is 2.00 bits per heavy atom. The van der Waals surface area contributed by atoms with Gasteiger partial charge < -0.3 is 10.8 Å². The van der Waals surface area contributed by atoms with Gasteiger partial charge in [-0.1, -0.05) is 6.07 Å². The Labute approximate surface area is 77.4 Å². The number of carbonyl (C=O) groups is 1. The van der Waals surface area contributed by atoms with Gasteiger partial charge in [0.1, 0.15) is 5.82 Å². The molecule has 1 aromatic rings. The predicted molar refractivity (Wildman–Crippen MR) is 51.4 cm³/mol. The number of nitrogens with two attached hydrogens (primary N) is 1. The molecule has 0 aliphatic carbocycles. The average molecular weight is 182 g/mol. The van der Waals surface area contributed by atoms with Crippen LogP contribution >= 0.6 is 0 Å². The monoisotopic (exact) mass is 182 g/mol. The second-order valence-electron chi connectivity index (χ2n) is 2.73. The van der Waals surface area contributed by atoms with Gasteiger partial charge in [0.05, 0.1) is 0 Å². The molecule has 1 rings (SSSR count). The lowest BCUT2D eigenvalue weighted by atomic mass is 10.2. The van der Waals surface area contributed by atoms with Gasteiger partial charge in [0.15, 0.2) is 0 Å². The van der Waals surface area contributed by atoms with Crippen LogP contribution in [0.25, 0.3) is 0 Å². The van der Waals surface area contributed by atoms with Crippen LogP contribution in [0.1, 0.15) is 18.1 Å². The molecular formula is C9H14N2O2. The summed E-state index contributed by atoms with van der Waals surface area (Å²) in [6.45, 7) is 5.04. The number of nitrogens with zero attached hydrogens (tertiary/aromatic N) is 1. The first-order valence-electron chi connectivity index (χ1n) is 3.81. The molecule has 1 aromatic heterocycles. The van der Waals surface area contributed by atoms with Gasteiger partial charge in [0, 0.05) is 13.1 Å². The Hall–Kier alpha value is -1.58. The van der Waals surface area contributed by atoms with Crippen molar-refractivity contribution in [2.75, 3.05) is 5.73 Å². The van der Waals surface area contributed by atoms with E-state index in [4.69, 9.17) is 15.6 Å². The Morgan fingerprint density at radius 3 is 2.31 bits per heavy atom. The summed E-state index contributed by atoms with van der Waals surface area (Å²) in [5.41, 5.74) is 7.68. The zero-order valence-corrected chi connectivity index (χ0v) is 8.03. The van der Waals surface area contributed by atoms with Gasteiger partial charge in [-0.25, -0.2) is 4.98 Å². The Kier molecular flexibility index (Phi) is 4.51. The summed E-state index contributed by atoms with van der Waals surface area (Å²) >= 11 is 0. The van der Waals surface area contributed by atoms with E-state index in [1.54, 1.807) is 6.20 Å². The molecule has 13 heavy (non-hydrogen) atoms. The maximum absolute atomic E-state index is 9.00. The summed E-state index contributed by atoms with van der Waals surface area (Å²) in [5.74, 6) is -0.208. The second kappa shape index (κ2) is 5.13. The lowest BCUT2D eigenvalue weighted by Gasteiger charge is -1.97. The van der Waals surface area contributed by atoms with E-state index in [9.17, 15) is 0 Å². The zero-order valence-electron chi connectivity index (χ0n) is 8.03. The number of aryl methyl sites for hydroxylation is 2. The number of anilines is 1. The van der Waals surface area contributed by atoms with Crippen LogP contribution < -0.4 is 5.73 Å². The van der Waals surface area contributed by atoms with Gasteiger partial charge in [-0.2, -0.15) is 0 Å². The lowest BCUT2D eigenvalue weighted by molar-refractivity contribution is -0.134. The van der Waals surface area contributed by atoms with Crippen molar-refractivity contribution in [2.24, 2.45) is 0 Å². The molecule has 0 atom stereocenters. The molecule has 4 heteroatoms. The van der Waals surface area contributed by atoms with E-state index in [0.29, 0.717) is 5.82 Å². The van der Waals surface area contributed by atoms with Crippen LogP contribution in [0.3, 0.4) is 0 Å². The largest absolute Gasteiger partial charge is 0.481 e. The summed E-state index contributed by atoms with van der Waals surface area (Å²) < 4.78 is 0. The lowest BCUT2D eigenvalue weighted by Crippen LogP contribution is -1.93. The third-order valence-electron chi connectivity index (χ3n) is 1.26. The van der Waals surface area contributed by atoms with E-state index >= 15 is 0 Å². The van der Waals surface area contributed by atoms with Crippen LogP contribution in [0, 0.1) is 13.8 Å². The third-order valence-corrected chi connectivity index (χ3v) is 1.26. The molecule has 0 unspecified atom stereocenters. The van der Waals surface area contributed by atoms with Crippen molar-refractivity contribution in [3.05, 3.63) is 23.4 Å². The number of aromatic nitrogens is 1. The smallest absolute Gasteiger partial charge is 0.300 e. The minimum atomic E-state index is -0.833. The van der Waals surface area contributed by atoms with E-state index < -0.39 is 5.97 Å². The topological polar surface area (TPSA) is 76.2 Å². The zero-order chi connectivity index (χ0) is 10.4. The van der Waals surface area contributed by atoms with Crippen molar-refractivity contribution < 1.29 is 9.90 Å². The fourth-order valence-corrected chi connectivity index (χ4v) is 0.726. The van der Waals surface area contributed by atoms with Crippen molar-refractivity contribution in [2.45, 2.75) is 20.8 Å². The molecule has 0 radical (unpaired) electrons. The maximum atomic E-state index is 9.00. The summed E-state index contributed by atoms with van der Waals surface area (Å²) in [6, 6.07) is 2.02. The summed E-state index contributed by atoms with van der Waals surface area (Å²) in [4.78, 5) is 13.0. The summed E-state index contributed by atoms with van der Waals surface area (Å²) in [7, 11) is 0. The highest BCUT2D eigenvalue weighted by Crippen LogP contribution is 2.06. The number of carboxylic acid groups (broad SMARTS) is 1. The van der Waals surface area contributed by atoms with Crippen LogP contribution in [-0.2, 0) is 4.79 Å². The van der Waals surface area contributed by atoms with Gasteiger partial charge in [0.25, 0.3) is 5.97 Å². The molecule has 0 spiro atoms. The molecule has 1 heterocycles. The molecule has 0 saturated carbocycles. The first-order valence-corrected chi connectivity index (χ1v) is 3.81. The van der Waals surface area contributed by atoms with E-state index in [-0.39, 0.29) is 0 Å². The van der Waals surface area contributed by atoms with Gasteiger partial charge in [-0.15, -0.1) is 0 Å². The van der Waals surface area contributed by atoms with E-state index in [0.717, 1.165) is 18.1 Å². The quantitative estimate of drug-likeness (QED) is 0.635. The number of hydrogen-bond donors (Lipinski definition) is 2. The first-order chi connectivity index (χ1) is 5.93. The van der Waals surface area contributed by atoms with Crippen LogP contribution in [0.2, 0.25) is 0 Å². The predicted octanol–water partition coefficient (Wildman–Crippen LogP) is 1.37. The van der Waals surface area contributed by atoms with Gasteiger partial charge in [-0.3, -0.25) is 4.79 Å². The van der Waals surface area contributed by atoms with Crippen molar-refractivity contribution >= 4 is 11.8 Å². The highest BCUT2D eigenvalue weighted by Gasteiger charge is 1.91. The number of rotatable bonds is 0.